The van der Waals surface area contributed by atoms with Gasteiger partial charge in [-0.2, -0.15) is 0 Å². The lowest BCUT2D eigenvalue weighted by molar-refractivity contribution is 0.221. The first kappa shape index (κ1) is 17.9. The van der Waals surface area contributed by atoms with Gasteiger partial charge in [0.2, 0.25) is 5.88 Å². The van der Waals surface area contributed by atoms with Gasteiger partial charge in [0, 0.05) is 12.3 Å². The summed E-state index contributed by atoms with van der Waals surface area (Å²) in [6, 6.07) is 3.63. The molecule has 122 valence electrons. The molecule has 0 unspecified atom stereocenters. The van der Waals surface area contributed by atoms with Crippen molar-refractivity contribution >= 4 is 0 Å². The van der Waals surface area contributed by atoms with Gasteiger partial charge in [-0.1, -0.05) is 13.2 Å². The minimum atomic E-state index is 0.581. The van der Waals surface area contributed by atoms with Gasteiger partial charge in [0.25, 0.3) is 0 Å². The van der Waals surface area contributed by atoms with Crippen molar-refractivity contribution in [1.29, 1.82) is 0 Å². The van der Waals surface area contributed by atoms with E-state index < -0.39 is 0 Å². The highest BCUT2D eigenvalue weighted by Crippen LogP contribution is 2.17. The van der Waals surface area contributed by atoms with Crippen LogP contribution in [0.4, 0.5) is 0 Å². The first-order valence-corrected chi connectivity index (χ1v) is 7.53. The van der Waals surface area contributed by atoms with Crippen LogP contribution in [0, 0.1) is 0 Å². The van der Waals surface area contributed by atoms with E-state index in [1.54, 1.807) is 12.3 Å². The quantitative estimate of drug-likeness (QED) is 0.387. The molecule has 22 heavy (non-hydrogen) atoms. The van der Waals surface area contributed by atoms with Crippen LogP contribution in [0.3, 0.4) is 0 Å². The molecule has 0 N–H and O–H groups in total. The molecule has 0 amide bonds. The molecule has 0 aromatic carbocycles. The molecule has 0 spiro atoms. The molecule has 1 aromatic heterocycles. The molecular weight excluding hydrogens is 282 g/mol. The zero-order valence-corrected chi connectivity index (χ0v) is 13.0. The van der Waals surface area contributed by atoms with Gasteiger partial charge >= 0.3 is 0 Å². The lowest BCUT2D eigenvalue weighted by Crippen LogP contribution is -2.02. The van der Waals surface area contributed by atoms with Gasteiger partial charge in [0.05, 0.1) is 39.0 Å². The standard InChI is InChI=1S/C17H25NO4/c1-3-19-11-5-7-13-21-16-9-10-18-17(15-16)22-14-8-6-12-20-4-2/h3-4,9-10,15H,1-2,5-8,11-14H2. The van der Waals surface area contributed by atoms with Crippen LogP contribution in [0.2, 0.25) is 0 Å². The summed E-state index contributed by atoms with van der Waals surface area (Å²) in [7, 11) is 0. The number of pyridine rings is 1. The minimum absolute atomic E-state index is 0.581. The Morgan fingerprint density at radius 1 is 0.864 bits per heavy atom. The molecule has 1 heterocycles. The van der Waals surface area contributed by atoms with E-state index >= 15 is 0 Å². The molecule has 0 saturated heterocycles. The molecule has 5 nitrogen and oxygen atoms in total. The summed E-state index contributed by atoms with van der Waals surface area (Å²) < 4.78 is 21.3. The monoisotopic (exact) mass is 307 g/mol. The van der Waals surface area contributed by atoms with Gasteiger partial charge in [-0.3, -0.25) is 0 Å². The van der Waals surface area contributed by atoms with Crippen molar-refractivity contribution in [3.05, 3.63) is 44.0 Å². The van der Waals surface area contributed by atoms with Crippen molar-refractivity contribution in [3.63, 3.8) is 0 Å². The lowest BCUT2D eigenvalue weighted by atomic mass is 10.3. The normalized spacial score (nSPS) is 9.82. The Hall–Kier alpha value is -2.17. The molecule has 0 aliphatic rings. The van der Waals surface area contributed by atoms with Crippen LogP contribution in [0.15, 0.2) is 44.0 Å². The second-order valence-electron chi connectivity index (χ2n) is 4.52. The molecule has 0 aliphatic carbocycles. The Balaban J connectivity index is 2.15. The highest BCUT2D eigenvalue weighted by Gasteiger charge is 2.00. The zero-order valence-electron chi connectivity index (χ0n) is 13.0. The third-order valence-electron chi connectivity index (χ3n) is 2.77. The highest BCUT2D eigenvalue weighted by molar-refractivity contribution is 5.26. The minimum Gasteiger partial charge on any atom is -0.502 e. The Bertz CT molecular complexity index is 388. The molecule has 0 fully saturated rings. The van der Waals surface area contributed by atoms with E-state index in [4.69, 9.17) is 18.9 Å². The van der Waals surface area contributed by atoms with E-state index in [-0.39, 0.29) is 0 Å². The van der Waals surface area contributed by atoms with E-state index in [9.17, 15) is 0 Å². The van der Waals surface area contributed by atoms with E-state index in [2.05, 4.69) is 18.1 Å². The van der Waals surface area contributed by atoms with Crippen molar-refractivity contribution in [2.45, 2.75) is 25.7 Å². The summed E-state index contributed by atoms with van der Waals surface area (Å²) >= 11 is 0. The number of nitrogens with zero attached hydrogens (tertiary/aromatic N) is 1. The average molecular weight is 307 g/mol. The van der Waals surface area contributed by atoms with Gasteiger partial charge in [0.15, 0.2) is 0 Å². The fourth-order valence-corrected chi connectivity index (χ4v) is 1.67. The van der Waals surface area contributed by atoms with Crippen LogP contribution in [0.5, 0.6) is 11.6 Å². The van der Waals surface area contributed by atoms with Crippen molar-refractivity contribution in [3.8, 4) is 11.6 Å². The Morgan fingerprint density at radius 3 is 2.09 bits per heavy atom. The third kappa shape index (κ3) is 8.89. The summed E-state index contributed by atoms with van der Waals surface area (Å²) in [5.74, 6) is 1.35. The molecule has 0 saturated carbocycles. The van der Waals surface area contributed by atoms with Crippen LogP contribution in [-0.2, 0) is 9.47 Å². The molecular formula is C17H25NO4. The Morgan fingerprint density at radius 2 is 1.45 bits per heavy atom. The Labute approximate surface area is 132 Å². The number of ether oxygens (including phenoxy) is 4. The van der Waals surface area contributed by atoms with Gasteiger partial charge in [0.1, 0.15) is 5.75 Å². The van der Waals surface area contributed by atoms with Gasteiger partial charge < -0.3 is 18.9 Å². The van der Waals surface area contributed by atoms with E-state index in [0.29, 0.717) is 32.3 Å². The smallest absolute Gasteiger partial charge is 0.216 e. The molecule has 5 heteroatoms. The summed E-state index contributed by atoms with van der Waals surface area (Å²) in [6.07, 6.45) is 8.29. The molecule has 0 radical (unpaired) electrons. The largest absolute Gasteiger partial charge is 0.502 e. The maximum absolute atomic E-state index is 5.65. The predicted molar refractivity (Wildman–Crippen MR) is 86.0 cm³/mol. The number of aromatic nitrogens is 1. The van der Waals surface area contributed by atoms with Crippen LogP contribution < -0.4 is 9.47 Å². The van der Waals surface area contributed by atoms with Crippen molar-refractivity contribution in [1.82, 2.24) is 4.98 Å². The van der Waals surface area contributed by atoms with Gasteiger partial charge in [-0.05, 0) is 31.7 Å². The molecule has 1 rings (SSSR count). The van der Waals surface area contributed by atoms with Crippen LogP contribution in [0.1, 0.15) is 25.7 Å². The summed E-state index contributed by atoms with van der Waals surface area (Å²) in [4.78, 5) is 4.16. The van der Waals surface area contributed by atoms with Crippen LogP contribution in [0.25, 0.3) is 0 Å². The van der Waals surface area contributed by atoms with E-state index in [1.165, 1.54) is 12.5 Å². The third-order valence-corrected chi connectivity index (χ3v) is 2.77. The maximum Gasteiger partial charge on any atom is 0.216 e. The molecule has 0 bridgehead atoms. The first-order chi connectivity index (χ1) is 10.9. The number of unbranched alkanes of at least 4 members (excludes halogenated alkanes) is 2. The van der Waals surface area contributed by atoms with E-state index in [0.717, 1.165) is 31.4 Å². The first-order valence-electron chi connectivity index (χ1n) is 7.53. The summed E-state index contributed by atoms with van der Waals surface area (Å²) in [5, 5.41) is 0. The number of rotatable bonds is 14. The van der Waals surface area contributed by atoms with Crippen molar-refractivity contribution in [2.24, 2.45) is 0 Å². The fraction of sp³-hybridized carbons (Fsp3) is 0.471. The fourth-order valence-electron chi connectivity index (χ4n) is 1.67. The highest BCUT2D eigenvalue weighted by atomic mass is 16.5. The SMILES string of the molecule is C=COCCCCOc1ccnc(OCCCCOC=C)c1. The van der Waals surface area contributed by atoms with Crippen LogP contribution in [-0.4, -0.2) is 31.4 Å². The Kier molecular flexibility index (Phi) is 10.2. The van der Waals surface area contributed by atoms with E-state index in [1.807, 2.05) is 6.07 Å². The second-order valence-corrected chi connectivity index (χ2v) is 4.52. The van der Waals surface area contributed by atoms with Gasteiger partial charge in [-0.15, -0.1) is 0 Å². The topological polar surface area (TPSA) is 49.8 Å². The van der Waals surface area contributed by atoms with Crippen molar-refractivity contribution < 1.29 is 18.9 Å². The number of hydrogen-bond donors (Lipinski definition) is 0. The molecule has 0 atom stereocenters. The predicted octanol–water partition coefficient (Wildman–Crippen LogP) is 3.72. The maximum atomic E-state index is 5.65. The second kappa shape index (κ2) is 12.6. The number of hydrogen-bond acceptors (Lipinski definition) is 5. The van der Waals surface area contributed by atoms with Gasteiger partial charge in [-0.25, -0.2) is 4.98 Å². The lowest BCUT2D eigenvalue weighted by Gasteiger charge is -2.09. The average Bonchev–Trinajstić information content (AvgIpc) is 2.54. The summed E-state index contributed by atoms with van der Waals surface area (Å²) in [5.41, 5.74) is 0. The van der Waals surface area contributed by atoms with Crippen LogP contribution >= 0.6 is 0 Å². The summed E-state index contributed by atoms with van der Waals surface area (Å²) in [6.45, 7) is 9.58. The zero-order chi connectivity index (χ0) is 15.9. The van der Waals surface area contributed by atoms with Crippen molar-refractivity contribution in [2.75, 3.05) is 26.4 Å². The molecule has 1 aromatic rings. The molecule has 0 aliphatic heterocycles.